The molecule has 29 heteroatoms. The summed E-state index contributed by atoms with van der Waals surface area (Å²) in [5, 5.41) is 66.5. The van der Waals surface area contributed by atoms with E-state index in [1.54, 1.807) is 45.2 Å². The van der Waals surface area contributed by atoms with Gasteiger partial charge in [0.2, 0.25) is 0 Å². The second-order valence-electron chi connectivity index (χ2n) is 18.5. The van der Waals surface area contributed by atoms with Crippen molar-refractivity contribution in [3.8, 4) is 0 Å². The molecular weight excluding hydrogens is 1050 g/mol. The molecule has 9 heterocycles. The van der Waals surface area contributed by atoms with Crippen molar-refractivity contribution in [2.24, 2.45) is 0 Å². The van der Waals surface area contributed by atoms with Gasteiger partial charge in [0.25, 0.3) is 16.7 Å². The molecule has 3 saturated heterocycles. The first kappa shape index (κ1) is 69.4. The quantitative estimate of drug-likeness (QED) is 0.0829. The number of hydrogen-bond acceptors (Lipinski definition) is 20. The number of hydrogen-bond donors (Lipinski definition) is 14. The molecule has 0 radical (unpaired) electrons. The summed E-state index contributed by atoms with van der Waals surface area (Å²) in [6.07, 6.45) is 2.89. The minimum Gasteiger partial charge on any atom is -0.395 e. The van der Waals surface area contributed by atoms with E-state index in [1.807, 2.05) is 11.6 Å². The highest BCUT2D eigenvalue weighted by molar-refractivity contribution is 7.62. The molecule has 76 heavy (non-hydrogen) atoms. The molecule has 13 atom stereocenters. The zero-order chi connectivity index (χ0) is 52.3. The van der Waals surface area contributed by atoms with Gasteiger partial charge in [-0.2, -0.15) is 0 Å². The number of aliphatic hydroxyl groups is 6. The van der Waals surface area contributed by atoms with Crippen molar-refractivity contribution in [2.75, 3.05) is 46.0 Å². The van der Waals surface area contributed by atoms with Crippen molar-refractivity contribution in [2.45, 2.75) is 137 Å². The van der Waals surface area contributed by atoms with Crippen LogP contribution in [0.3, 0.4) is 0 Å². The molecule has 0 spiro atoms. The first-order chi connectivity index (χ1) is 33.4. The predicted molar refractivity (Wildman–Crippen MR) is 300 cm³/mol. The molecule has 0 amide bonds. The van der Waals surface area contributed by atoms with Gasteiger partial charge in [-0.25, -0.2) is 15.0 Å². The van der Waals surface area contributed by atoms with Crippen LogP contribution < -0.4 is 27.3 Å². The van der Waals surface area contributed by atoms with E-state index in [-0.39, 0.29) is 84.9 Å². The summed E-state index contributed by atoms with van der Waals surface area (Å²) in [6, 6.07) is -2.23. The summed E-state index contributed by atoms with van der Waals surface area (Å²) in [7, 11) is -2.30. The first-order valence-corrected chi connectivity index (χ1v) is 28.5. The van der Waals surface area contributed by atoms with Gasteiger partial charge in [0.1, 0.15) is 89.9 Å². The number of aromatic nitrogens is 9. The Morgan fingerprint density at radius 2 is 1.01 bits per heavy atom. The largest absolute Gasteiger partial charge is 0.395 e. The Morgan fingerprint density at radius 1 is 0.618 bits per heavy atom. The number of carbonyl (C=O) groups excluding carboxylic acids is 1. The number of H-pyrrole nitrogens is 6. The lowest BCUT2D eigenvalue weighted by Crippen LogP contribution is -2.38. The molecule has 26 nitrogen and oxygen atoms in total. The van der Waals surface area contributed by atoms with Crippen LogP contribution in [-0.4, -0.2) is 187 Å². The van der Waals surface area contributed by atoms with Crippen molar-refractivity contribution < 1.29 is 54.0 Å². The van der Waals surface area contributed by atoms with Crippen LogP contribution in [0.4, 0.5) is 0 Å². The molecule has 0 saturated carbocycles. The second kappa shape index (κ2) is 28.8. The first-order valence-electron chi connectivity index (χ1n) is 22.4. The normalized spacial score (nSPS) is 26.0. The monoisotopic (exact) mass is 1130 g/mol. The summed E-state index contributed by atoms with van der Waals surface area (Å²) in [4.78, 5) is 73.2. The van der Waals surface area contributed by atoms with Gasteiger partial charge in [0, 0.05) is 41.3 Å². The number of nitrogens with zero attached hydrogens (tertiary/aromatic N) is 4. The Morgan fingerprint density at radius 3 is 1.41 bits per heavy atom. The number of ether oxygens (including phenoxy) is 2. The van der Waals surface area contributed by atoms with E-state index >= 15 is 0 Å². The SMILES string of the molecule is C.C.C.C.C.CC(C)=O.CC[C@@H]1[C@@H](O)[C@@H](O)[C@H](c2c[nH]c3c(=O)[nH]cnc23)N1P.CP(C)(=O)CO[C@@H]1[C@H](O)[C@@H](O)N[C@H]1c1c[nH]c2c(=O)[nH]cnc12.CP(C)(=O)CO[C@H]1[C@@H](O)[C@H](c2c[nH]c3c(=O)[nH]cnc23)N[C@@H]1CO. The summed E-state index contributed by atoms with van der Waals surface area (Å²) in [5.41, 5.74) is 3.44. The minimum absolute atomic E-state index is 0. The zero-order valence-corrected chi connectivity index (χ0v) is 42.9. The average Bonchev–Trinajstić information content (AvgIpc) is 4.15. The molecule has 6 aromatic rings. The molecule has 3 fully saturated rings. The van der Waals surface area contributed by atoms with Crippen molar-refractivity contribution >= 4 is 62.6 Å². The third-order valence-corrected chi connectivity index (χ3v) is 14.1. The summed E-state index contributed by atoms with van der Waals surface area (Å²) in [6.45, 7) is 11.1. The average molecular weight is 1130 g/mol. The lowest BCUT2D eigenvalue weighted by molar-refractivity contribution is -0.115. The Bertz CT molecular complexity index is 3050. The maximum absolute atomic E-state index is 11.9. The zero-order valence-electron chi connectivity index (χ0n) is 39.9. The van der Waals surface area contributed by atoms with E-state index in [9.17, 15) is 58.9 Å². The number of aromatic amines is 6. The highest BCUT2D eigenvalue weighted by Crippen LogP contribution is 2.43. The Labute approximate surface area is 444 Å². The molecule has 3 aliphatic heterocycles. The third-order valence-electron chi connectivity index (χ3n) is 11.8. The van der Waals surface area contributed by atoms with E-state index in [0.29, 0.717) is 56.2 Å². The highest BCUT2D eigenvalue weighted by atomic mass is 31.2. The van der Waals surface area contributed by atoms with Crippen molar-refractivity contribution in [3.05, 3.63) is 85.3 Å². The Balaban J connectivity index is 0.000000534. The van der Waals surface area contributed by atoms with Gasteiger partial charge in [-0.3, -0.25) is 24.4 Å². The maximum atomic E-state index is 11.9. The molecule has 6 aromatic heterocycles. The van der Waals surface area contributed by atoms with Gasteiger partial charge in [0.15, 0.2) is 0 Å². The number of rotatable bonds is 11. The molecule has 0 bridgehead atoms. The number of carbonyl (C=O) groups is 1. The smallest absolute Gasteiger partial charge is 0.275 e. The lowest BCUT2D eigenvalue weighted by atomic mass is 10.0. The van der Waals surface area contributed by atoms with Crippen LogP contribution in [0.1, 0.15) is 99.1 Å². The van der Waals surface area contributed by atoms with E-state index < -0.39 is 81.3 Å². The number of fused-ring (bicyclic) bond motifs is 3. The molecule has 430 valence electrons. The van der Waals surface area contributed by atoms with Gasteiger partial charge in [-0.15, -0.1) is 0 Å². The van der Waals surface area contributed by atoms with Crippen LogP contribution >= 0.6 is 23.7 Å². The van der Waals surface area contributed by atoms with E-state index in [1.165, 1.54) is 32.8 Å². The maximum Gasteiger partial charge on any atom is 0.275 e. The summed E-state index contributed by atoms with van der Waals surface area (Å²) >= 11 is 0. The van der Waals surface area contributed by atoms with E-state index in [2.05, 4.69) is 64.9 Å². The highest BCUT2D eigenvalue weighted by Gasteiger charge is 2.48. The van der Waals surface area contributed by atoms with E-state index in [4.69, 9.17) is 9.47 Å². The molecule has 14 N–H and O–H groups in total. The standard InChI is InChI=1S/C14H21N4O5P.C13H19N4O5P.C12H17N4O3P.C3H6O.5CH4/c1-24(2,22)6-23-13-8(4-19)18-10(12(13)20)7-3-15-11-9(7)16-5-17-14(11)21;1-23(2,21)5-22-11-8(17-13(20)10(11)18)6-3-14-9-7(6)15-4-16-12(9)19;1-2-6-10(17)11(18)9(16(6)20)5-3-13-8-7(5)14-4-15-12(8)19;1-3(2)4;;;;;/h3,5,8,10,12-13,15,18-20H,4,6H2,1-2H3,(H,16,17,21);3-4,8,10-11,13-14,17-18,20H,5H2,1-2H3,(H,15,16,19);3-4,6,9-11,13,17-18H,2,20H2,1H3,(H,14,15,19);1-2H3;5*1H4/t8-,10+,12+,13-;8-,10-,11-,13+;6-,9+,10-,11+;;;;;;/m101....../s1. The molecule has 9 rings (SSSR count). The number of aliphatic hydroxyl groups excluding tert-OH is 6. The summed E-state index contributed by atoms with van der Waals surface area (Å²) in [5.74, 6) is 0.167. The van der Waals surface area contributed by atoms with Crippen LogP contribution in [-0.2, 0) is 23.4 Å². The van der Waals surface area contributed by atoms with Crippen LogP contribution in [0.2, 0.25) is 0 Å². The molecular formula is C47H83N12O14P3. The fourth-order valence-electron chi connectivity index (χ4n) is 8.63. The van der Waals surface area contributed by atoms with Crippen molar-refractivity contribution in [1.82, 2.24) is 60.2 Å². The fraction of sp³-hybridized carbons (Fsp3) is 0.596. The van der Waals surface area contributed by atoms with Gasteiger partial charge in [0.05, 0.1) is 68.6 Å². The molecule has 0 aromatic carbocycles. The van der Waals surface area contributed by atoms with Crippen molar-refractivity contribution in [1.29, 1.82) is 0 Å². The Kier molecular flexibility index (Phi) is 26.3. The second-order valence-corrected chi connectivity index (χ2v) is 25.9. The number of Topliss-reactive ketones (excluding diaryl/α,β-unsaturated/α-hetero) is 1. The predicted octanol–water partition coefficient (Wildman–Crippen LogP) is 2.80. The minimum atomic E-state index is -2.44. The van der Waals surface area contributed by atoms with Crippen molar-refractivity contribution in [3.63, 3.8) is 0 Å². The van der Waals surface area contributed by atoms with Crippen LogP contribution in [0, 0.1) is 0 Å². The van der Waals surface area contributed by atoms with Gasteiger partial charge in [-0.05, 0) is 46.9 Å². The Hall–Kier alpha value is -4.62. The third kappa shape index (κ3) is 15.6. The number of nitrogens with one attached hydrogen (secondary N) is 8. The molecule has 3 aliphatic rings. The summed E-state index contributed by atoms with van der Waals surface area (Å²) < 4.78 is 36.8. The lowest BCUT2D eigenvalue weighted by Gasteiger charge is -2.24. The van der Waals surface area contributed by atoms with E-state index in [0.717, 1.165) is 0 Å². The topological polar surface area (TPSA) is 403 Å². The number of ketones is 1. The van der Waals surface area contributed by atoms with Crippen LogP contribution in [0.15, 0.2) is 52.0 Å². The molecule has 1 unspecified atom stereocenters. The van der Waals surface area contributed by atoms with Gasteiger partial charge >= 0.3 is 0 Å². The van der Waals surface area contributed by atoms with Gasteiger partial charge in [-0.1, -0.05) is 53.4 Å². The fourth-order valence-corrected chi connectivity index (χ4v) is 10.4. The molecule has 0 aliphatic carbocycles. The van der Waals surface area contributed by atoms with Crippen LogP contribution in [0.5, 0.6) is 0 Å². The van der Waals surface area contributed by atoms with Gasteiger partial charge < -0.3 is 89.3 Å². The van der Waals surface area contributed by atoms with Crippen LogP contribution in [0.25, 0.3) is 33.1 Å².